The lowest BCUT2D eigenvalue weighted by molar-refractivity contribution is -0.167. The number of esters is 3. The van der Waals surface area contributed by atoms with Crippen LogP contribution in [0.4, 0.5) is 0 Å². The summed E-state index contributed by atoms with van der Waals surface area (Å²) in [4.78, 5) is 38.3. The lowest BCUT2D eigenvalue weighted by Crippen LogP contribution is -2.30. The summed E-state index contributed by atoms with van der Waals surface area (Å²) in [6.45, 7) is 6.53. The van der Waals surface area contributed by atoms with Crippen LogP contribution in [-0.4, -0.2) is 37.2 Å². The second-order valence-corrected chi connectivity index (χ2v) is 21.7. The Balaban J connectivity index is 4.43. The van der Waals surface area contributed by atoms with Crippen LogP contribution < -0.4 is 0 Å². The van der Waals surface area contributed by atoms with Gasteiger partial charge in [0.1, 0.15) is 13.2 Å². The molecule has 1 unspecified atom stereocenters. The van der Waals surface area contributed by atoms with Crippen LogP contribution in [0, 0.1) is 0 Å². The number of rotatable bonds is 59. The van der Waals surface area contributed by atoms with Gasteiger partial charge in [-0.1, -0.05) is 318 Å². The molecule has 1 atom stereocenters. The highest BCUT2D eigenvalue weighted by atomic mass is 16.6. The van der Waals surface area contributed by atoms with Crippen LogP contribution in [0.3, 0.4) is 0 Å². The van der Waals surface area contributed by atoms with Crippen LogP contribution in [-0.2, 0) is 28.6 Å². The maximum absolute atomic E-state index is 12.9. The van der Waals surface area contributed by atoms with Crippen molar-refractivity contribution in [2.75, 3.05) is 13.2 Å². The minimum atomic E-state index is -0.798. The summed E-state index contributed by atoms with van der Waals surface area (Å²) in [6, 6.07) is 0. The molecule has 0 fully saturated rings. The molecule has 0 N–H and O–H groups in total. The Hall–Kier alpha value is -3.41. The highest BCUT2D eigenvalue weighted by Gasteiger charge is 2.19. The average molecular weight is 1060 g/mol. The van der Waals surface area contributed by atoms with E-state index in [9.17, 15) is 14.4 Å². The standard InChI is InChI=1S/C70H122O6/c1-4-7-10-13-16-19-22-25-28-30-32-34-35-36-38-39-42-45-48-51-54-57-60-63-69(72)75-66-67(65-74-68(71)62-59-56-53-50-47-44-41-27-24-21-18-15-12-9-6-3)76-70(73)64-61-58-55-52-49-46-43-40-37-33-31-29-26-23-20-17-14-11-8-5-2/h7,10,16,19,25,28,32,34,36,38,42,45,51,54,67H,4-6,8-9,11-15,17-18,20-24,26-27,29-31,33,35,37,39-41,43-44,46-50,52-53,55-66H2,1-3H3/b10-7-,19-16-,28-25-,34-32-,38-36-,45-42-,54-51-. The van der Waals surface area contributed by atoms with Gasteiger partial charge < -0.3 is 14.2 Å². The van der Waals surface area contributed by atoms with Crippen LogP contribution in [0.1, 0.15) is 323 Å². The smallest absolute Gasteiger partial charge is 0.306 e. The Bertz CT molecular complexity index is 1450. The lowest BCUT2D eigenvalue weighted by Gasteiger charge is -2.18. The van der Waals surface area contributed by atoms with Crippen LogP contribution in [0.2, 0.25) is 0 Å². The zero-order chi connectivity index (χ0) is 55.0. The zero-order valence-electron chi connectivity index (χ0n) is 50.3. The maximum Gasteiger partial charge on any atom is 0.306 e. The molecule has 0 aromatic heterocycles. The highest BCUT2D eigenvalue weighted by molar-refractivity contribution is 5.71. The molecule has 0 saturated heterocycles. The van der Waals surface area contributed by atoms with Crippen LogP contribution in [0.15, 0.2) is 85.1 Å². The maximum atomic E-state index is 12.9. The number of carbonyl (C=O) groups is 3. The van der Waals surface area contributed by atoms with E-state index in [1.807, 2.05) is 0 Å². The van der Waals surface area contributed by atoms with E-state index in [0.717, 1.165) is 89.9 Å². The Morgan fingerprint density at radius 2 is 0.513 bits per heavy atom. The number of unbranched alkanes of at least 4 members (excludes halogenated alkanes) is 34. The van der Waals surface area contributed by atoms with Gasteiger partial charge in [0, 0.05) is 19.3 Å². The fourth-order valence-electron chi connectivity index (χ4n) is 9.32. The van der Waals surface area contributed by atoms with Crippen molar-refractivity contribution in [1.82, 2.24) is 0 Å². The van der Waals surface area contributed by atoms with Gasteiger partial charge in [0.25, 0.3) is 0 Å². The second-order valence-electron chi connectivity index (χ2n) is 21.7. The first kappa shape index (κ1) is 72.6. The minimum absolute atomic E-state index is 0.0901. The molecule has 0 aliphatic rings. The van der Waals surface area contributed by atoms with Crippen molar-refractivity contribution >= 4 is 17.9 Å². The van der Waals surface area contributed by atoms with E-state index in [4.69, 9.17) is 14.2 Å². The van der Waals surface area contributed by atoms with Crippen molar-refractivity contribution in [3.05, 3.63) is 85.1 Å². The predicted molar refractivity (Wildman–Crippen MR) is 330 cm³/mol. The number of hydrogen-bond acceptors (Lipinski definition) is 6. The fraction of sp³-hybridized carbons (Fsp3) is 0.757. The van der Waals surface area contributed by atoms with Crippen molar-refractivity contribution in [1.29, 1.82) is 0 Å². The topological polar surface area (TPSA) is 78.9 Å². The molecule has 0 amide bonds. The van der Waals surface area contributed by atoms with Crippen LogP contribution >= 0.6 is 0 Å². The van der Waals surface area contributed by atoms with Crippen molar-refractivity contribution in [3.63, 3.8) is 0 Å². The van der Waals surface area contributed by atoms with Gasteiger partial charge in [0.15, 0.2) is 6.10 Å². The summed E-state index contributed by atoms with van der Waals surface area (Å²) in [5.41, 5.74) is 0. The van der Waals surface area contributed by atoms with Crippen LogP contribution in [0.5, 0.6) is 0 Å². The predicted octanol–water partition coefficient (Wildman–Crippen LogP) is 22.3. The van der Waals surface area contributed by atoms with E-state index in [1.165, 1.54) is 186 Å². The molecule has 76 heavy (non-hydrogen) atoms. The van der Waals surface area contributed by atoms with Gasteiger partial charge in [-0.25, -0.2) is 0 Å². The Kier molecular flexibility index (Phi) is 61.2. The van der Waals surface area contributed by atoms with Crippen molar-refractivity contribution in [2.24, 2.45) is 0 Å². The monoisotopic (exact) mass is 1060 g/mol. The zero-order valence-corrected chi connectivity index (χ0v) is 50.3. The average Bonchev–Trinajstić information content (AvgIpc) is 3.42. The van der Waals surface area contributed by atoms with Crippen molar-refractivity contribution in [3.8, 4) is 0 Å². The second kappa shape index (κ2) is 64.1. The summed E-state index contributed by atoms with van der Waals surface area (Å²) >= 11 is 0. The summed E-state index contributed by atoms with van der Waals surface area (Å²) in [5, 5.41) is 0. The fourth-order valence-corrected chi connectivity index (χ4v) is 9.32. The van der Waals surface area contributed by atoms with Crippen molar-refractivity contribution < 1.29 is 28.6 Å². The molecule has 0 spiro atoms. The summed E-state index contributed by atoms with van der Waals surface area (Å²) in [7, 11) is 0. The van der Waals surface area contributed by atoms with E-state index >= 15 is 0 Å². The third-order valence-corrected chi connectivity index (χ3v) is 14.2. The Morgan fingerprint density at radius 3 is 0.803 bits per heavy atom. The van der Waals surface area contributed by atoms with E-state index in [2.05, 4.69) is 106 Å². The molecular formula is C70H122O6. The Labute approximate surface area is 471 Å². The number of ether oxygens (including phenoxy) is 3. The summed E-state index contributed by atoms with van der Waals surface area (Å²) < 4.78 is 16.9. The quantitative estimate of drug-likeness (QED) is 0.0261. The van der Waals surface area contributed by atoms with E-state index in [0.29, 0.717) is 19.3 Å². The first-order valence-corrected chi connectivity index (χ1v) is 32.6. The van der Waals surface area contributed by atoms with Crippen LogP contribution in [0.25, 0.3) is 0 Å². The molecule has 0 aliphatic heterocycles. The highest BCUT2D eigenvalue weighted by Crippen LogP contribution is 2.17. The molecule has 0 heterocycles. The molecule has 6 heteroatoms. The SMILES string of the molecule is CC/C=C\C/C=C\C/C=C\C/C=C\C/C=C\C/C=C\C/C=C\CCCC(=O)OCC(COC(=O)CCCCCCCCCCCCCCCCC)OC(=O)CCCCCCCCCCCCCCCCCCCCCC. The number of allylic oxidation sites excluding steroid dienone is 14. The Morgan fingerprint density at radius 1 is 0.276 bits per heavy atom. The van der Waals surface area contributed by atoms with E-state index in [-0.39, 0.29) is 37.5 Å². The normalized spacial score (nSPS) is 12.6. The first-order valence-electron chi connectivity index (χ1n) is 32.6. The molecular weight excluding hydrogens is 937 g/mol. The summed E-state index contributed by atoms with van der Waals surface area (Å²) in [6.07, 6.45) is 84.5. The third kappa shape index (κ3) is 61.4. The number of carbonyl (C=O) groups excluding carboxylic acids is 3. The van der Waals surface area contributed by atoms with E-state index in [1.54, 1.807) is 0 Å². The van der Waals surface area contributed by atoms with Gasteiger partial charge in [-0.2, -0.15) is 0 Å². The molecule has 438 valence electrons. The molecule has 0 saturated carbocycles. The molecule has 0 aliphatic carbocycles. The van der Waals surface area contributed by atoms with Gasteiger partial charge in [0.05, 0.1) is 0 Å². The molecule has 0 aromatic rings. The van der Waals surface area contributed by atoms with Gasteiger partial charge in [-0.05, 0) is 70.6 Å². The van der Waals surface area contributed by atoms with Gasteiger partial charge >= 0.3 is 17.9 Å². The lowest BCUT2D eigenvalue weighted by atomic mass is 10.0. The minimum Gasteiger partial charge on any atom is -0.462 e. The largest absolute Gasteiger partial charge is 0.462 e. The molecule has 0 aromatic carbocycles. The van der Waals surface area contributed by atoms with Crippen molar-refractivity contribution in [2.45, 2.75) is 329 Å². The van der Waals surface area contributed by atoms with Gasteiger partial charge in [-0.15, -0.1) is 0 Å². The number of hydrogen-bond donors (Lipinski definition) is 0. The molecule has 6 nitrogen and oxygen atoms in total. The molecule has 0 bridgehead atoms. The summed E-state index contributed by atoms with van der Waals surface area (Å²) in [5.74, 6) is -0.935. The van der Waals surface area contributed by atoms with Gasteiger partial charge in [0.2, 0.25) is 0 Å². The first-order chi connectivity index (χ1) is 37.5. The molecule has 0 rings (SSSR count). The third-order valence-electron chi connectivity index (χ3n) is 14.2. The molecule has 0 radical (unpaired) electrons. The van der Waals surface area contributed by atoms with Gasteiger partial charge in [-0.3, -0.25) is 14.4 Å². The van der Waals surface area contributed by atoms with E-state index < -0.39 is 6.10 Å².